The molecule has 2 aromatic heterocycles. The van der Waals surface area contributed by atoms with Gasteiger partial charge in [0, 0.05) is 56.9 Å². The van der Waals surface area contributed by atoms with Crippen LogP contribution in [0.3, 0.4) is 0 Å². The smallest absolute Gasteiger partial charge is 0.228 e. The molecule has 2 aromatic rings. The third kappa shape index (κ3) is 3.51. The van der Waals surface area contributed by atoms with Crippen molar-refractivity contribution in [2.45, 2.75) is 19.5 Å². The molecule has 1 fully saturated rings. The molecule has 0 spiro atoms. The third-order valence-corrected chi connectivity index (χ3v) is 4.92. The molecule has 1 amide bonds. The number of carbonyl (C=O) groups is 1. The fourth-order valence-corrected chi connectivity index (χ4v) is 3.52. The van der Waals surface area contributed by atoms with Gasteiger partial charge in [-0.15, -0.1) is 0 Å². The average molecular weight is 341 g/mol. The van der Waals surface area contributed by atoms with Crippen LogP contribution < -0.4 is 4.90 Å². The van der Waals surface area contributed by atoms with Crippen molar-refractivity contribution < 1.29 is 9.53 Å². The van der Waals surface area contributed by atoms with E-state index in [1.54, 1.807) is 6.20 Å². The van der Waals surface area contributed by atoms with E-state index in [0.29, 0.717) is 26.3 Å². The van der Waals surface area contributed by atoms with Crippen molar-refractivity contribution in [2.24, 2.45) is 5.92 Å². The number of aromatic nitrogens is 3. The van der Waals surface area contributed by atoms with Crippen LogP contribution in [-0.2, 0) is 22.6 Å². The fourth-order valence-electron chi connectivity index (χ4n) is 3.52. The van der Waals surface area contributed by atoms with E-state index in [9.17, 15) is 4.79 Å². The molecule has 0 aromatic carbocycles. The van der Waals surface area contributed by atoms with Gasteiger partial charge >= 0.3 is 0 Å². The Hall–Kier alpha value is -2.41. The lowest BCUT2D eigenvalue weighted by Crippen LogP contribution is -2.39. The molecule has 1 saturated heterocycles. The van der Waals surface area contributed by atoms with Crippen LogP contribution in [0.2, 0.25) is 0 Å². The van der Waals surface area contributed by atoms with E-state index < -0.39 is 0 Å². The van der Waals surface area contributed by atoms with Crippen LogP contribution in [0.4, 0.5) is 5.82 Å². The maximum absolute atomic E-state index is 12.8. The molecule has 0 aliphatic carbocycles. The van der Waals surface area contributed by atoms with Gasteiger partial charge < -0.3 is 14.5 Å². The van der Waals surface area contributed by atoms with E-state index in [1.807, 2.05) is 34.1 Å². The highest BCUT2D eigenvalue weighted by Crippen LogP contribution is 2.25. The maximum Gasteiger partial charge on any atom is 0.228 e. The summed E-state index contributed by atoms with van der Waals surface area (Å²) in [6.45, 7) is 4.98. The number of ether oxygens (including phenoxy) is 1. The predicted molar refractivity (Wildman–Crippen MR) is 93.0 cm³/mol. The number of pyridine rings is 1. The Labute approximate surface area is 147 Å². The average Bonchev–Trinajstić information content (AvgIpc) is 3.31. The first-order valence-electron chi connectivity index (χ1n) is 8.84. The van der Waals surface area contributed by atoms with Crippen LogP contribution in [0.15, 0.2) is 36.8 Å². The van der Waals surface area contributed by atoms with E-state index in [0.717, 1.165) is 37.4 Å². The van der Waals surface area contributed by atoms with Crippen LogP contribution in [0, 0.1) is 5.92 Å². The Morgan fingerprint density at radius 3 is 3.00 bits per heavy atom. The summed E-state index contributed by atoms with van der Waals surface area (Å²) in [5, 5.41) is 4.27. The second-order valence-electron chi connectivity index (χ2n) is 6.56. The Morgan fingerprint density at radius 1 is 1.24 bits per heavy atom. The summed E-state index contributed by atoms with van der Waals surface area (Å²) < 4.78 is 7.31. The molecule has 4 heterocycles. The topological polar surface area (TPSA) is 63.5 Å². The molecule has 132 valence electrons. The van der Waals surface area contributed by atoms with Crippen LogP contribution in [0.1, 0.15) is 12.0 Å². The third-order valence-electron chi connectivity index (χ3n) is 4.92. The molecule has 0 N–H and O–H groups in total. The van der Waals surface area contributed by atoms with Crippen molar-refractivity contribution in [3.63, 3.8) is 0 Å². The number of fused-ring (bicyclic) bond motifs is 1. The molecule has 1 atom stereocenters. The van der Waals surface area contributed by atoms with Gasteiger partial charge in [0.1, 0.15) is 5.82 Å². The van der Waals surface area contributed by atoms with Gasteiger partial charge in [-0.2, -0.15) is 5.10 Å². The summed E-state index contributed by atoms with van der Waals surface area (Å²) >= 11 is 0. The molecular formula is C18H23N5O2. The second kappa shape index (κ2) is 7.23. The molecule has 0 saturated carbocycles. The van der Waals surface area contributed by atoms with E-state index in [2.05, 4.69) is 21.0 Å². The predicted octanol–water partition coefficient (Wildman–Crippen LogP) is 1.16. The van der Waals surface area contributed by atoms with Crippen LogP contribution in [0.5, 0.6) is 0 Å². The van der Waals surface area contributed by atoms with E-state index >= 15 is 0 Å². The zero-order valence-corrected chi connectivity index (χ0v) is 14.3. The zero-order chi connectivity index (χ0) is 17.1. The lowest BCUT2D eigenvalue weighted by molar-refractivity contribution is -0.135. The largest absolute Gasteiger partial charge is 0.381 e. The van der Waals surface area contributed by atoms with Gasteiger partial charge in [0.2, 0.25) is 5.91 Å². The van der Waals surface area contributed by atoms with Gasteiger partial charge in [-0.3, -0.25) is 9.48 Å². The highest BCUT2D eigenvalue weighted by Gasteiger charge is 2.30. The molecule has 7 nitrogen and oxygen atoms in total. The molecule has 7 heteroatoms. The normalized spacial score (nSPS) is 20.4. The van der Waals surface area contributed by atoms with Crippen molar-refractivity contribution in [3.05, 3.63) is 42.4 Å². The van der Waals surface area contributed by atoms with Crippen molar-refractivity contribution in [1.29, 1.82) is 0 Å². The molecule has 2 aliphatic rings. The number of amides is 1. The highest BCUT2D eigenvalue weighted by atomic mass is 16.5. The maximum atomic E-state index is 12.8. The minimum absolute atomic E-state index is 0.00995. The van der Waals surface area contributed by atoms with Crippen molar-refractivity contribution in [1.82, 2.24) is 19.7 Å². The molecule has 0 unspecified atom stereocenters. The minimum atomic E-state index is 0.00995. The molecule has 0 bridgehead atoms. The van der Waals surface area contributed by atoms with Crippen LogP contribution >= 0.6 is 0 Å². The van der Waals surface area contributed by atoms with Crippen molar-refractivity contribution in [3.8, 4) is 0 Å². The summed E-state index contributed by atoms with van der Waals surface area (Å²) in [6.07, 6.45) is 6.41. The molecule has 25 heavy (non-hydrogen) atoms. The minimum Gasteiger partial charge on any atom is -0.381 e. The van der Waals surface area contributed by atoms with Gasteiger partial charge in [-0.05, 0) is 18.6 Å². The summed E-state index contributed by atoms with van der Waals surface area (Å²) in [5.74, 6) is 1.20. The molecule has 4 rings (SSSR count). The van der Waals surface area contributed by atoms with E-state index in [-0.39, 0.29) is 11.8 Å². The lowest BCUT2D eigenvalue weighted by Gasteiger charge is -2.25. The Balaban J connectivity index is 1.50. The summed E-state index contributed by atoms with van der Waals surface area (Å²) in [6, 6.07) is 5.94. The number of nitrogens with zero attached hydrogens (tertiary/aromatic N) is 5. The molecule has 2 aliphatic heterocycles. The van der Waals surface area contributed by atoms with E-state index in [4.69, 9.17) is 4.74 Å². The first-order valence-corrected chi connectivity index (χ1v) is 8.84. The van der Waals surface area contributed by atoms with Gasteiger partial charge in [0.05, 0.1) is 19.1 Å². The summed E-state index contributed by atoms with van der Waals surface area (Å²) in [5.41, 5.74) is 1.10. The van der Waals surface area contributed by atoms with Crippen molar-refractivity contribution >= 4 is 11.7 Å². The quantitative estimate of drug-likeness (QED) is 0.835. The van der Waals surface area contributed by atoms with Crippen LogP contribution in [0.25, 0.3) is 0 Å². The number of hydrogen-bond donors (Lipinski definition) is 0. The Bertz CT molecular complexity index is 712. The highest BCUT2D eigenvalue weighted by molar-refractivity contribution is 5.79. The van der Waals surface area contributed by atoms with Crippen LogP contribution in [-0.4, -0.2) is 58.4 Å². The number of anilines is 1. The monoisotopic (exact) mass is 341 g/mol. The summed E-state index contributed by atoms with van der Waals surface area (Å²) in [4.78, 5) is 21.6. The second-order valence-corrected chi connectivity index (χ2v) is 6.56. The molecule has 0 radical (unpaired) electrons. The molecular weight excluding hydrogens is 318 g/mol. The fraction of sp³-hybridized carbons (Fsp3) is 0.500. The van der Waals surface area contributed by atoms with E-state index in [1.165, 1.54) is 0 Å². The lowest BCUT2D eigenvalue weighted by atomic mass is 10.1. The SMILES string of the molecule is O=C([C@@H]1CCOC1)N1CCN(CCn2cccn2)c2ncccc2C1. The zero-order valence-electron chi connectivity index (χ0n) is 14.3. The summed E-state index contributed by atoms with van der Waals surface area (Å²) in [7, 11) is 0. The number of carbonyl (C=O) groups excluding carboxylic acids is 1. The van der Waals surface area contributed by atoms with Gasteiger partial charge in [-0.25, -0.2) is 4.98 Å². The van der Waals surface area contributed by atoms with Gasteiger partial charge in [0.15, 0.2) is 0 Å². The van der Waals surface area contributed by atoms with Gasteiger partial charge in [0.25, 0.3) is 0 Å². The first kappa shape index (κ1) is 16.1. The Kier molecular flexibility index (Phi) is 4.65. The first-order chi connectivity index (χ1) is 12.3. The number of hydrogen-bond acceptors (Lipinski definition) is 5. The Morgan fingerprint density at radius 2 is 2.20 bits per heavy atom. The van der Waals surface area contributed by atoms with Crippen molar-refractivity contribution in [2.75, 3.05) is 37.7 Å². The number of rotatable bonds is 4. The van der Waals surface area contributed by atoms with Gasteiger partial charge in [-0.1, -0.05) is 6.07 Å². The standard InChI is InChI=1S/C18H23N5O2/c24-18(16-4-12-25-14-16)22-9-8-21(10-11-23-7-2-6-20-23)17-15(13-22)3-1-5-19-17/h1-3,5-7,16H,4,8-14H2/t16-/m1/s1.